The lowest BCUT2D eigenvalue weighted by Crippen LogP contribution is -2.52. The highest BCUT2D eigenvalue weighted by molar-refractivity contribution is 5.96. The number of rotatable bonds is 19. The predicted octanol–water partition coefficient (Wildman–Crippen LogP) is 5.86. The Kier molecular flexibility index (Phi) is 15.1. The molecule has 0 radical (unpaired) electrons. The normalized spacial score (nSPS) is 12.4. The molecule has 0 aliphatic rings. The van der Waals surface area contributed by atoms with Gasteiger partial charge in [0.15, 0.2) is 5.78 Å². The van der Waals surface area contributed by atoms with Crippen LogP contribution >= 0.6 is 0 Å². The number of benzene rings is 1. The molecule has 202 valence electrons. The summed E-state index contributed by atoms with van der Waals surface area (Å²) in [6.45, 7) is 3.39. The topological polar surface area (TPSA) is 119 Å². The van der Waals surface area contributed by atoms with E-state index >= 15 is 0 Å². The Morgan fingerprint density at radius 1 is 0.889 bits per heavy atom. The quantitative estimate of drug-likeness (QED) is 0.137. The second-order valence-corrected chi connectivity index (χ2v) is 9.42. The Balaban J connectivity index is 2.74. The molecule has 0 spiro atoms. The first kappa shape index (κ1) is 31.1. The van der Waals surface area contributed by atoms with Gasteiger partial charge in [-0.3, -0.25) is 14.4 Å². The monoisotopic (exact) mass is 505 g/mol. The number of aryl methyl sites for hydroxylation is 1. The molecular weight excluding hydrogens is 462 g/mol. The SMILES string of the molecule is CCCCCCCCCC(=O)c1ccc(CCC(CCCC(=O)O)(COC(C)=O)NC(=O)OC)cc1. The summed E-state index contributed by atoms with van der Waals surface area (Å²) < 4.78 is 9.98. The molecular formula is C28H43NO7. The summed E-state index contributed by atoms with van der Waals surface area (Å²) in [6, 6.07) is 7.43. The van der Waals surface area contributed by atoms with E-state index in [0.29, 0.717) is 37.7 Å². The molecule has 0 bridgehead atoms. The fourth-order valence-corrected chi connectivity index (χ4v) is 4.14. The number of hydrogen-bond acceptors (Lipinski definition) is 6. The van der Waals surface area contributed by atoms with Crippen LogP contribution in [0.1, 0.15) is 107 Å². The van der Waals surface area contributed by atoms with E-state index in [1.165, 1.54) is 46.1 Å². The van der Waals surface area contributed by atoms with Gasteiger partial charge in [-0.15, -0.1) is 0 Å². The maximum absolute atomic E-state index is 12.5. The molecule has 1 atom stereocenters. The van der Waals surface area contributed by atoms with Crippen LogP contribution in [0.5, 0.6) is 0 Å². The van der Waals surface area contributed by atoms with E-state index in [1.54, 1.807) is 0 Å². The van der Waals surface area contributed by atoms with Crippen LogP contribution in [0.15, 0.2) is 24.3 Å². The Labute approximate surface area is 215 Å². The predicted molar refractivity (Wildman–Crippen MR) is 138 cm³/mol. The number of aliphatic carboxylic acids is 1. The molecule has 0 aromatic heterocycles. The number of carboxylic acids is 1. The van der Waals surface area contributed by atoms with Gasteiger partial charge in [0.1, 0.15) is 6.61 Å². The molecule has 0 aliphatic carbocycles. The fraction of sp³-hybridized carbons (Fsp3) is 0.643. The van der Waals surface area contributed by atoms with Gasteiger partial charge in [-0.1, -0.05) is 69.7 Å². The molecule has 8 heteroatoms. The van der Waals surface area contributed by atoms with Crippen molar-refractivity contribution in [2.45, 2.75) is 103 Å². The molecule has 0 saturated carbocycles. The first-order valence-corrected chi connectivity index (χ1v) is 13.0. The van der Waals surface area contributed by atoms with Gasteiger partial charge in [0.2, 0.25) is 0 Å². The molecule has 0 aliphatic heterocycles. The van der Waals surface area contributed by atoms with Crippen molar-refractivity contribution in [2.75, 3.05) is 13.7 Å². The van der Waals surface area contributed by atoms with Crippen LogP contribution in [0.2, 0.25) is 0 Å². The highest BCUT2D eigenvalue weighted by Gasteiger charge is 2.33. The average molecular weight is 506 g/mol. The van der Waals surface area contributed by atoms with Crippen LogP contribution in [-0.2, 0) is 25.5 Å². The Morgan fingerprint density at radius 3 is 2.11 bits per heavy atom. The number of carbonyl (C=O) groups excluding carboxylic acids is 3. The van der Waals surface area contributed by atoms with Crippen molar-refractivity contribution >= 4 is 23.8 Å². The third kappa shape index (κ3) is 13.3. The van der Waals surface area contributed by atoms with Crippen LogP contribution in [0.4, 0.5) is 4.79 Å². The highest BCUT2D eigenvalue weighted by Crippen LogP contribution is 2.24. The zero-order valence-electron chi connectivity index (χ0n) is 22.1. The summed E-state index contributed by atoms with van der Waals surface area (Å²) in [7, 11) is 1.24. The highest BCUT2D eigenvalue weighted by atomic mass is 16.5. The molecule has 1 aromatic rings. The standard InChI is InChI=1S/C28H43NO7/c1-4-5-6-7-8-9-10-12-25(31)24-16-14-23(15-17-24)18-20-28(21-36-22(2)30,29-27(34)35-3)19-11-13-26(32)33/h14-17H,4-13,18-21H2,1-3H3,(H,29,34)(H,32,33). The van der Waals surface area contributed by atoms with Crippen molar-refractivity contribution in [3.8, 4) is 0 Å². The maximum atomic E-state index is 12.5. The molecule has 0 heterocycles. The molecule has 1 unspecified atom stereocenters. The van der Waals surface area contributed by atoms with Crippen LogP contribution in [0, 0.1) is 0 Å². The van der Waals surface area contributed by atoms with Gasteiger partial charge in [0.05, 0.1) is 12.6 Å². The van der Waals surface area contributed by atoms with Gasteiger partial charge in [-0.25, -0.2) is 4.79 Å². The minimum Gasteiger partial charge on any atom is -0.481 e. The number of alkyl carbamates (subject to hydrolysis) is 1. The second-order valence-electron chi connectivity index (χ2n) is 9.42. The lowest BCUT2D eigenvalue weighted by molar-refractivity contribution is -0.144. The Bertz CT molecular complexity index is 822. The van der Waals surface area contributed by atoms with Crippen LogP contribution in [0.3, 0.4) is 0 Å². The van der Waals surface area contributed by atoms with E-state index < -0.39 is 23.6 Å². The first-order valence-electron chi connectivity index (χ1n) is 13.0. The average Bonchev–Trinajstić information content (AvgIpc) is 2.85. The number of ketones is 1. The van der Waals surface area contributed by atoms with Crippen molar-refractivity contribution in [2.24, 2.45) is 0 Å². The van der Waals surface area contributed by atoms with E-state index in [1.807, 2.05) is 24.3 Å². The summed E-state index contributed by atoms with van der Waals surface area (Å²) in [6.07, 6.45) is 9.50. The van der Waals surface area contributed by atoms with Gasteiger partial charge >= 0.3 is 18.0 Å². The number of carbonyl (C=O) groups is 4. The zero-order chi connectivity index (χ0) is 26.8. The molecule has 0 fully saturated rings. The van der Waals surface area contributed by atoms with Crippen LogP contribution in [0.25, 0.3) is 0 Å². The van der Waals surface area contributed by atoms with Crippen molar-refractivity contribution in [3.05, 3.63) is 35.4 Å². The van der Waals surface area contributed by atoms with Crippen molar-refractivity contribution < 1.29 is 33.8 Å². The largest absolute Gasteiger partial charge is 0.481 e. The minimum atomic E-state index is -0.972. The van der Waals surface area contributed by atoms with Gasteiger partial charge in [0.25, 0.3) is 0 Å². The number of nitrogens with one attached hydrogen (secondary N) is 1. The first-order chi connectivity index (χ1) is 17.2. The maximum Gasteiger partial charge on any atom is 0.407 e. The van der Waals surface area contributed by atoms with Crippen LogP contribution in [-0.4, -0.2) is 48.2 Å². The number of esters is 1. The number of ether oxygens (including phenoxy) is 2. The fourth-order valence-electron chi connectivity index (χ4n) is 4.14. The molecule has 8 nitrogen and oxygen atoms in total. The molecule has 1 rings (SSSR count). The van der Waals surface area contributed by atoms with Crippen LogP contribution < -0.4 is 5.32 Å². The molecule has 1 amide bonds. The zero-order valence-corrected chi connectivity index (χ0v) is 22.1. The van der Waals surface area contributed by atoms with Crippen molar-refractivity contribution in [1.29, 1.82) is 0 Å². The lowest BCUT2D eigenvalue weighted by Gasteiger charge is -2.34. The summed E-state index contributed by atoms with van der Waals surface area (Å²) in [5.41, 5.74) is 0.671. The Hall–Kier alpha value is -2.90. The number of Topliss-reactive ketones (excluding diaryl/α,β-unsaturated/α-hetero) is 1. The van der Waals surface area contributed by atoms with Gasteiger partial charge in [0, 0.05) is 25.3 Å². The van der Waals surface area contributed by atoms with Gasteiger partial charge in [-0.2, -0.15) is 0 Å². The number of carboxylic acid groups (broad SMARTS) is 1. The third-order valence-electron chi connectivity index (χ3n) is 6.33. The van der Waals surface area contributed by atoms with Crippen molar-refractivity contribution in [3.63, 3.8) is 0 Å². The smallest absolute Gasteiger partial charge is 0.407 e. The molecule has 36 heavy (non-hydrogen) atoms. The minimum absolute atomic E-state index is 0.0692. The van der Waals surface area contributed by atoms with Gasteiger partial charge < -0.3 is 19.9 Å². The molecule has 0 saturated heterocycles. The number of hydrogen-bond donors (Lipinski definition) is 2. The van der Waals surface area contributed by atoms with E-state index in [-0.39, 0.29) is 18.8 Å². The summed E-state index contributed by atoms with van der Waals surface area (Å²) in [5, 5.41) is 11.8. The number of unbranched alkanes of at least 4 members (excludes halogenated alkanes) is 6. The van der Waals surface area contributed by atoms with Crippen molar-refractivity contribution in [1.82, 2.24) is 5.32 Å². The molecule has 1 aromatic carbocycles. The Morgan fingerprint density at radius 2 is 1.53 bits per heavy atom. The van der Waals surface area contributed by atoms with E-state index in [0.717, 1.165) is 18.4 Å². The lowest BCUT2D eigenvalue weighted by atomic mass is 9.86. The second kappa shape index (κ2) is 17.5. The molecule has 2 N–H and O–H groups in total. The van der Waals surface area contributed by atoms with E-state index in [9.17, 15) is 19.2 Å². The number of methoxy groups -OCH3 is 1. The summed E-state index contributed by atoms with van der Waals surface area (Å²) in [5.74, 6) is -1.29. The number of amides is 1. The van der Waals surface area contributed by atoms with E-state index in [4.69, 9.17) is 14.6 Å². The summed E-state index contributed by atoms with van der Waals surface area (Å²) >= 11 is 0. The van der Waals surface area contributed by atoms with E-state index in [2.05, 4.69) is 12.2 Å². The third-order valence-corrected chi connectivity index (χ3v) is 6.33. The summed E-state index contributed by atoms with van der Waals surface area (Å²) in [4.78, 5) is 47.0. The van der Waals surface area contributed by atoms with Gasteiger partial charge in [-0.05, 0) is 37.7 Å².